The summed E-state index contributed by atoms with van der Waals surface area (Å²) in [6, 6.07) is 16.4. The van der Waals surface area contributed by atoms with Gasteiger partial charge in [-0.15, -0.1) is 6.58 Å². The number of unbranched alkanes of at least 4 members (excludes halogenated alkanes) is 2. The highest BCUT2D eigenvalue weighted by Crippen LogP contribution is 2.36. The van der Waals surface area contributed by atoms with Crippen LogP contribution in [0.1, 0.15) is 72.9 Å². The van der Waals surface area contributed by atoms with Crippen molar-refractivity contribution < 1.29 is 0 Å². The van der Waals surface area contributed by atoms with Crippen LogP contribution in [-0.2, 0) is 12.8 Å². The van der Waals surface area contributed by atoms with Crippen molar-refractivity contribution in [2.75, 3.05) is 13.1 Å². The summed E-state index contributed by atoms with van der Waals surface area (Å²) in [4.78, 5) is 2.76. The van der Waals surface area contributed by atoms with Crippen LogP contribution in [0.2, 0.25) is 0 Å². The minimum absolute atomic E-state index is 0.547. The van der Waals surface area contributed by atoms with Crippen LogP contribution in [0.4, 0.5) is 0 Å². The van der Waals surface area contributed by atoms with E-state index >= 15 is 0 Å². The highest BCUT2D eigenvalue weighted by atomic mass is 15.2. The summed E-state index contributed by atoms with van der Waals surface area (Å²) in [6.45, 7) is 14.7. The van der Waals surface area contributed by atoms with Gasteiger partial charge in [-0.2, -0.15) is 0 Å². The minimum atomic E-state index is 0.547. The molecule has 0 radical (unpaired) electrons. The molecule has 0 aromatic heterocycles. The van der Waals surface area contributed by atoms with E-state index in [4.69, 9.17) is 0 Å². The van der Waals surface area contributed by atoms with Gasteiger partial charge in [-0.3, -0.25) is 4.90 Å². The van der Waals surface area contributed by atoms with Gasteiger partial charge in [-0.05, 0) is 93.2 Å². The molecule has 0 bridgehead atoms. The molecule has 0 aliphatic heterocycles. The highest BCUT2D eigenvalue weighted by Gasteiger charge is 2.26. The van der Waals surface area contributed by atoms with Crippen LogP contribution in [0, 0.1) is 6.92 Å². The largest absolute Gasteiger partial charge is 0.296 e. The summed E-state index contributed by atoms with van der Waals surface area (Å²) >= 11 is 0. The lowest BCUT2D eigenvalue weighted by molar-refractivity contribution is 0.177. The van der Waals surface area contributed by atoms with Gasteiger partial charge in [0, 0.05) is 12.6 Å². The number of allylic oxidation sites excluding steroid dienone is 2. The molecule has 0 fully saturated rings. The maximum atomic E-state index is 4.14. The zero-order valence-electron chi connectivity index (χ0n) is 18.4. The van der Waals surface area contributed by atoms with E-state index in [1.54, 1.807) is 5.56 Å². The Labute approximate surface area is 178 Å². The predicted octanol–water partition coefficient (Wildman–Crippen LogP) is 7.31. The fraction of sp³-hybridized carbons (Fsp3) is 0.429. The van der Waals surface area contributed by atoms with Crippen LogP contribution in [0.5, 0.6) is 0 Å². The molecule has 29 heavy (non-hydrogen) atoms. The molecule has 154 valence electrons. The Kier molecular flexibility index (Phi) is 7.89. The molecule has 0 heterocycles. The maximum absolute atomic E-state index is 4.14. The van der Waals surface area contributed by atoms with E-state index in [-0.39, 0.29) is 0 Å². The lowest BCUT2D eigenvalue weighted by Gasteiger charge is -2.36. The number of hydrogen-bond donors (Lipinski definition) is 0. The molecule has 0 saturated heterocycles. The van der Waals surface area contributed by atoms with Crippen LogP contribution in [0.15, 0.2) is 61.7 Å². The second-order valence-corrected chi connectivity index (χ2v) is 8.60. The van der Waals surface area contributed by atoms with E-state index < -0.39 is 0 Å². The third-order valence-corrected chi connectivity index (χ3v) is 6.39. The van der Waals surface area contributed by atoms with Gasteiger partial charge in [-0.25, -0.2) is 0 Å². The zero-order chi connectivity index (χ0) is 20.6. The first kappa shape index (κ1) is 21.6. The molecule has 0 spiro atoms. The first-order chi connectivity index (χ1) is 14.1. The van der Waals surface area contributed by atoms with E-state index in [9.17, 15) is 0 Å². The molecule has 0 saturated carbocycles. The molecule has 3 rings (SSSR count). The van der Waals surface area contributed by atoms with Crippen LogP contribution in [0.3, 0.4) is 0 Å². The normalized spacial score (nSPS) is 15.9. The van der Waals surface area contributed by atoms with E-state index in [0.717, 1.165) is 25.0 Å². The number of hydrogen-bond acceptors (Lipinski definition) is 1. The quantitative estimate of drug-likeness (QED) is 0.305. The molecule has 2 aromatic carbocycles. The summed E-state index contributed by atoms with van der Waals surface area (Å²) in [6.07, 6.45) is 10.5. The van der Waals surface area contributed by atoms with Crippen LogP contribution >= 0.6 is 0 Å². The lowest BCUT2D eigenvalue weighted by atomic mass is 9.84. The van der Waals surface area contributed by atoms with E-state index in [1.807, 2.05) is 6.08 Å². The third-order valence-electron chi connectivity index (χ3n) is 6.39. The van der Waals surface area contributed by atoms with Gasteiger partial charge in [-0.1, -0.05) is 60.7 Å². The van der Waals surface area contributed by atoms with E-state index in [0.29, 0.717) is 6.04 Å². The van der Waals surface area contributed by atoms with Gasteiger partial charge in [0.05, 0.1) is 0 Å². The molecule has 1 aliphatic carbocycles. The molecule has 1 atom stereocenters. The third kappa shape index (κ3) is 5.70. The maximum Gasteiger partial charge on any atom is 0.0351 e. The van der Waals surface area contributed by atoms with Gasteiger partial charge in [0.15, 0.2) is 0 Å². The Morgan fingerprint density at radius 2 is 1.97 bits per heavy atom. The number of fused-ring (bicyclic) bond motifs is 1. The SMILES string of the molecule is C=CCCCCN(CCc1ccccc1C)C1CCCc2cc(C(=C)C)ccc21. The van der Waals surface area contributed by atoms with Crippen molar-refractivity contribution in [3.05, 3.63) is 89.5 Å². The average molecular weight is 388 g/mol. The lowest BCUT2D eigenvalue weighted by Crippen LogP contribution is -2.34. The fourth-order valence-corrected chi connectivity index (χ4v) is 4.62. The zero-order valence-corrected chi connectivity index (χ0v) is 18.4. The molecular weight excluding hydrogens is 350 g/mol. The summed E-state index contributed by atoms with van der Waals surface area (Å²) < 4.78 is 0. The Hall–Kier alpha value is -2.12. The Balaban J connectivity index is 1.79. The summed E-state index contributed by atoms with van der Waals surface area (Å²) in [5, 5.41) is 0. The molecule has 2 aromatic rings. The van der Waals surface area contributed by atoms with Crippen molar-refractivity contribution in [3.63, 3.8) is 0 Å². The standard InChI is InChI=1S/C28H37N/c1-5-6-7-10-19-29(20-18-24-13-9-8-12-23(24)4)28-15-11-14-26-21-25(22(2)3)16-17-27(26)28/h5,8-9,12-13,16-17,21,28H,1-2,6-7,10-11,14-15,18-20H2,3-4H3. The molecule has 1 heteroatoms. The smallest absolute Gasteiger partial charge is 0.0351 e. The Morgan fingerprint density at radius 3 is 2.72 bits per heavy atom. The minimum Gasteiger partial charge on any atom is -0.296 e. The number of rotatable bonds is 10. The van der Waals surface area contributed by atoms with Gasteiger partial charge in [0.1, 0.15) is 0 Å². The van der Waals surface area contributed by atoms with Crippen molar-refractivity contribution in [1.82, 2.24) is 4.90 Å². The van der Waals surface area contributed by atoms with Crippen molar-refractivity contribution in [3.8, 4) is 0 Å². The van der Waals surface area contributed by atoms with Gasteiger partial charge < -0.3 is 0 Å². The summed E-state index contributed by atoms with van der Waals surface area (Å²) in [5.74, 6) is 0. The Bertz CT molecular complexity index is 832. The molecule has 1 unspecified atom stereocenters. The number of aryl methyl sites for hydroxylation is 2. The second-order valence-electron chi connectivity index (χ2n) is 8.60. The molecule has 0 amide bonds. The summed E-state index contributed by atoms with van der Waals surface area (Å²) in [5.41, 5.74) is 8.44. The van der Waals surface area contributed by atoms with Crippen molar-refractivity contribution in [1.29, 1.82) is 0 Å². The van der Waals surface area contributed by atoms with E-state index in [1.165, 1.54) is 60.9 Å². The van der Waals surface area contributed by atoms with Crippen LogP contribution in [-0.4, -0.2) is 18.0 Å². The fourth-order valence-electron chi connectivity index (χ4n) is 4.62. The monoisotopic (exact) mass is 387 g/mol. The Morgan fingerprint density at radius 1 is 1.14 bits per heavy atom. The molecule has 1 nitrogen and oxygen atoms in total. The molecule has 1 aliphatic rings. The average Bonchev–Trinajstić information content (AvgIpc) is 2.73. The number of benzene rings is 2. The molecule has 0 N–H and O–H groups in total. The van der Waals surface area contributed by atoms with Crippen LogP contribution < -0.4 is 0 Å². The van der Waals surface area contributed by atoms with E-state index in [2.05, 4.69) is 74.4 Å². The van der Waals surface area contributed by atoms with Crippen molar-refractivity contribution in [2.45, 2.75) is 64.8 Å². The second kappa shape index (κ2) is 10.6. The number of nitrogens with zero attached hydrogens (tertiary/aromatic N) is 1. The first-order valence-electron chi connectivity index (χ1n) is 11.3. The first-order valence-corrected chi connectivity index (χ1v) is 11.3. The van der Waals surface area contributed by atoms with Crippen molar-refractivity contribution >= 4 is 5.57 Å². The van der Waals surface area contributed by atoms with Crippen molar-refractivity contribution in [2.24, 2.45) is 0 Å². The van der Waals surface area contributed by atoms with Gasteiger partial charge in [0.25, 0.3) is 0 Å². The highest BCUT2D eigenvalue weighted by molar-refractivity contribution is 5.62. The van der Waals surface area contributed by atoms with Gasteiger partial charge in [0.2, 0.25) is 0 Å². The topological polar surface area (TPSA) is 3.24 Å². The predicted molar refractivity (Wildman–Crippen MR) is 127 cm³/mol. The van der Waals surface area contributed by atoms with Gasteiger partial charge >= 0.3 is 0 Å². The molecular formula is C28H37N. The van der Waals surface area contributed by atoms with Crippen LogP contribution in [0.25, 0.3) is 5.57 Å². The summed E-state index contributed by atoms with van der Waals surface area (Å²) in [7, 11) is 0.